The molecule has 3 saturated heterocycles. The number of aryl methyl sites for hydroxylation is 1. The van der Waals surface area contributed by atoms with E-state index in [1.54, 1.807) is 30.4 Å². The number of cyclic esters (lactones) is 1. The molecule has 1 amide bonds. The van der Waals surface area contributed by atoms with Crippen molar-refractivity contribution < 1.29 is 53.1 Å². The fraction of sp³-hybridized carbons (Fsp3) is 0.714. The molecule has 18 heteroatoms. The monoisotopic (exact) mass is 843 g/mol. The maximum absolute atomic E-state index is 14.2. The molecule has 0 spiro atoms. The van der Waals surface area contributed by atoms with Crippen LogP contribution >= 0.6 is 0 Å². The predicted molar refractivity (Wildman–Crippen MR) is 219 cm³/mol. The number of esters is 1. The Balaban J connectivity index is 1.34. The van der Waals surface area contributed by atoms with Gasteiger partial charge in [-0.15, -0.1) is 5.10 Å². The molecule has 6 N–H and O–H groups in total. The maximum atomic E-state index is 14.2. The Morgan fingerprint density at radius 1 is 1.12 bits per heavy atom. The van der Waals surface area contributed by atoms with Gasteiger partial charge in [0.1, 0.15) is 23.8 Å². The van der Waals surface area contributed by atoms with Gasteiger partial charge >= 0.3 is 18.0 Å². The number of Topliss-reactive ketones (excluding diaryl/α,β-unsaturated/α-hetero) is 1. The molecular formula is C42H65N7O11. The second kappa shape index (κ2) is 20.6. The van der Waals surface area contributed by atoms with Gasteiger partial charge in [0.05, 0.1) is 37.1 Å². The third kappa shape index (κ3) is 11.0. The molecule has 0 saturated carbocycles. The number of methoxy groups -OCH3 is 1. The Hall–Kier alpha value is -4.20. The predicted octanol–water partition coefficient (Wildman–Crippen LogP) is 3.01. The molecule has 13 atom stereocenters. The third-order valence-corrected chi connectivity index (χ3v) is 12.2. The van der Waals surface area contributed by atoms with Crippen molar-refractivity contribution in [3.05, 3.63) is 30.5 Å². The van der Waals surface area contributed by atoms with Gasteiger partial charge in [0.15, 0.2) is 17.7 Å². The summed E-state index contributed by atoms with van der Waals surface area (Å²) < 4.78 is 32.6. The molecule has 334 valence electrons. The quantitative estimate of drug-likeness (QED) is 0.0843. The van der Waals surface area contributed by atoms with Crippen molar-refractivity contribution in [2.45, 2.75) is 148 Å². The van der Waals surface area contributed by atoms with Gasteiger partial charge in [0.2, 0.25) is 0 Å². The largest absolute Gasteiger partial charge is 0.480 e. The average molecular weight is 844 g/mol. The minimum absolute atomic E-state index is 0.0491. The fourth-order valence-corrected chi connectivity index (χ4v) is 8.91. The van der Waals surface area contributed by atoms with Crippen LogP contribution in [0.1, 0.15) is 80.6 Å². The number of carboxylic acids is 1. The molecule has 5 rings (SSSR count). The van der Waals surface area contributed by atoms with Crippen molar-refractivity contribution in [3.63, 3.8) is 0 Å². The van der Waals surface area contributed by atoms with Crippen molar-refractivity contribution in [1.82, 2.24) is 30.5 Å². The summed E-state index contributed by atoms with van der Waals surface area (Å²) in [5.41, 5.74) is 6.91. The number of benzene rings is 1. The summed E-state index contributed by atoms with van der Waals surface area (Å²) in [4.78, 5) is 55.0. The minimum Gasteiger partial charge on any atom is -0.480 e. The van der Waals surface area contributed by atoms with Gasteiger partial charge < -0.3 is 50.3 Å². The molecule has 3 unspecified atom stereocenters. The van der Waals surface area contributed by atoms with Gasteiger partial charge in [-0.1, -0.05) is 38.1 Å². The number of nitrogen functional groups attached to an aromatic ring is 1. The number of carbonyl (C=O) groups excluding carboxylic acids is 3. The highest BCUT2D eigenvalue weighted by Gasteiger charge is 2.58. The molecule has 0 radical (unpaired) electrons. The number of fused-ring (bicyclic) bond motifs is 1. The first-order valence-corrected chi connectivity index (χ1v) is 21.2. The minimum atomic E-state index is -1.26. The van der Waals surface area contributed by atoms with Gasteiger partial charge in [0, 0.05) is 49.5 Å². The van der Waals surface area contributed by atoms with E-state index in [9.17, 15) is 29.4 Å². The molecule has 3 fully saturated rings. The lowest BCUT2D eigenvalue weighted by atomic mass is 9.84. The molecule has 2 aromatic rings. The summed E-state index contributed by atoms with van der Waals surface area (Å²) >= 11 is 0. The summed E-state index contributed by atoms with van der Waals surface area (Å²) in [5, 5.41) is 35.6. The number of aliphatic hydroxyl groups excluding tert-OH is 1. The van der Waals surface area contributed by atoms with Gasteiger partial charge in [0.25, 0.3) is 0 Å². The zero-order valence-corrected chi connectivity index (χ0v) is 36.1. The third-order valence-electron chi connectivity index (χ3n) is 12.2. The second-order valence-electron chi connectivity index (χ2n) is 17.0. The van der Waals surface area contributed by atoms with E-state index in [0.717, 1.165) is 5.56 Å². The molecule has 60 heavy (non-hydrogen) atoms. The number of carbonyl (C=O) groups is 4. The van der Waals surface area contributed by atoms with Crippen LogP contribution in [0.25, 0.3) is 11.3 Å². The van der Waals surface area contributed by atoms with E-state index >= 15 is 0 Å². The van der Waals surface area contributed by atoms with Crippen LogP contribution in [0.15, 0.2) is 30.5 Å². The smallest absolute Gasteiger partial charge is 0.410 e. The van der Waals surface area contributed by atoms with Gasteiger partial charge in [-0.05, 0) is 84.4 Å². The second-order valence-corrected chi connectivity index (χ2v) is 17.0. The summed E-state index contributed by atoms with van der Waals surface area (Å²) in [6.07, 6.45) is -1.68. The number of aliphatic carboxylic acids is 1. The number of nitrogens with two attached hydrogens (primary N) is 1. The number of nitrogens with one attached hydrogen (secondary N) is 2. The number of carboxylic acid groups (broad SMARTS) is 1. The molecular weight excluding hydrogens is 778 g/mol. The van der Waals surface area contributed by atoms with Crippen molar-refractivity contribution in [1.29, 1.82) is 0 Å². The number of aliphatic hydroxyl groups is 1. The number of amides is 1. The standard InChI is InChI=1S/C42H65N7O11/c1-9-33-42(7)38(49(41(55)60-42)16-11-10-15-48-22-31(46-47-48)28-13-12-14-29(43)19-28)27(6)44-20-23(2)17-32(56-8)37(25(4)35(52)26(5)39(54)58-33)59-40-36(53)30(18-24(3)57-40)45-21-34(50)51/h12-14,19,22-27,30,32-33,36-38,40,44-45,53H,9-11,15-18,20-21,43H2,1-8H3,(H,50,51)/t23-,24?,25+,26-,27-,30?,32-,33-,36?,37-,38-,40+,42-/m1/s1. The molecule has 3 aliphatic rings. The topological polar surface area (TPSA) is 239 Å². The summed E-state index contributed by atoms with van der Waals surface area (Å²) in [5.74, 6) is -4.51. The van der Waals surface area contributed by atoms with Gasteiger partial charge in [-0.25, -0.2) is 4.79 Å². The number of ketones is 1. The highest BCUT2D eigenvalue weighted by atomic mass is 16.7. The van der Waals surface area contributed by atoms with E-state index < -0.39 is 90.1 Å². The molecule has 0 aliphatic carbocycles. The lowest BCUT2D eigenvalue weighted by Crippen LogP contribution is -2.60. The van der Waals surface area contributed by atoms with Crippen LogP contribution in [-0.2, 0) is 44.6 Å². The van der Waals surface area contributed by atoms with Crippen LogP contribution in [0.3, 0.4) is 0 Å². The van der Waals surface area contributed by atoms with E-state index in [1.165, 1.54) is 14.0 Å². The number of hydrogen-bond donors (Lipinski definition) is 5. The average Bonchev–Trinajstić information content (AvgIpc) is 3.79. The number of unbranched alkanes of at least 4 members (excludes halogenated alkanes) is 1. The fourth-order valence-electron chi connectivity index (χ4n) is 8.91. The Labute approximate surface area is 352 Å². The molecule has 18 nitrogen and oxygen atoms in total. The van der Waals surface area contributed by atoms with E-state index in [0.29, 0.717) is 63.1 Å². The molecule has 1 aromatic carbocycles. The molecule has 1 aromatic heterocycles. The number of aromatic nitrogens is 3. The number of ether oxygens (including phenoxy) is 5. The highest BCUT2D eigenvalue weighted by Crippen LogP contribution is 2.39. The van der Waals surface area contributed by atoms with E-state index in [1.807, 2.05) is 51.2 Å². The lowest BCUT2D eigenvalue weighted by Gasteiger charge is -2.42. The van der Waals surface area contributed by atoms with Crippen molar-refractivity contribution in [3.8, 4) is 11.3 Å². The number of anilines is 1. The first kappa shape index (κ1) is 46.9. The van der Waals surface area contributed by atoms with Crippen LogP contribution in [0.5, 0.6) is 0 Å². The van der Waals surface area contributed by atoms with E-state index in [2.05, 4.69) is 20.9 Å². The van der Waals surface area contributed by atoms with Crippen LogP contribution < -0.4 is 16.4 Å². The number of nitrogens with zero attached hydrogens (tertiary/aromatic N) is 4. The van der Waals surface area contributed by atoms with E-state index in [-0.39, 0.29) is 18.5 Å². The Morgan fingerprint density at radius 2 is 1.85 bits per heavy atom. The van der Waals surface area contributed by atoms with Gasteiger partial charge in [-0.3, -0.25) is 24.0 Å². The Kier molecular flexibility index (Phi) is 16.1. The Morgan fingerprint density at radius 3 is 2.53 bits per heavy atom. The molecule has 0 bridgehead atoms. The highest BCUT2D eigenvalue weighted by molar-refractivity contribution is 6.00. The first-order valence-electron chi connectivity index (χ1n) is 21.2. The maximum Gasteiger partial charge on any atom is 0.410 e. The van der Waals surface area contributed by atoms with Gasteiger partial charge in [-0.2, -0.15) is 0 Å². The van der Waals surface area contributed by atoms with Crippen molar-refractivity contribution in [2.75, 3.05) is 32.5 Å². The lowest BCUT2D eigenvalue weighted by molar-refractivity contribution is -0.278. The zero-order valence-electron chi connectivity index (χ0n) is 36.1. The number of hydrogen-bond acceptors (Lipinski definition) is 15. The first-order chi connectivity index (χ1) is 28.5. The van der Waals surface area contributed by atoms with Crippen LogP contribution in [0.4, 0.5) is 10.5 Å². The van der Waals surface area contributed by atoms with Crippen LogP contribution in [0.2, 0.25) is 0 Å². The normalized spacial score (nSPS) is 34.6. The van der Waals surface area contributed by atoms with Crippen molar-refractivity contribution >= 4 is 29.5 Å². The van der Waals surface area contributed by atoms with Crippen LogP contribution in [-0.4, -0.2) is 141 Å². The molecule has 3 aliphatic heterocycles. The summed E-state index contributed by atoms with van der Waals surface area (Å²) in [6, 6.07) is 5.92. The summed E-state index contributed by atoms with van der Waals surface area (Å²) in [7, 11) is 1.52. The molecule has 4 heterocycles. The SMILES string of the molecule is CC[C@H]1OC(=O)[C@H](C)C(=O)[C@H](C)[C@@H](O[C@@H]2OC(C)CC(NCC(=O)O)C2O)[C@H](OC)C[C@@H](C)CN[C@H](C)[C@H]2N(CCCCn3cc(-c4cccc(N)c4)nn3)C(=O)O[C@]12C. The Bertz CT molecular complexity index is 1780. The van der Waals surface area contributed by atoms with E-state index in [4.69, 9.17) is 29.4 Å². The van der Waals surface area contributed by atoms with Crippen LogP contribution in [0, 0.1) is 17.8 Å². The zero-order chi connectivity index (χ0) is 43.9. The van der Waals surface area contributed by atoms with Crippen molar-refractivity contribution in [2.24, 2.45) is 17.8 Å². The number of rotatable bonds is 13. The summed E-state index contributed by atoms with van der Waals surface area (Å²) in [6.45, 7) is 13.6.